The average Bonchev–Trinajstić information content (AvgIpc) is 2.89. The monoisotopic (exact) mass is 286 g/mol. The number of nitrogens with one attached hydrogen (secondary N) is 2. The van der Waals surface area contributed by atoms with Crippen LogP contribution < -0.4 is 10.6 Å². The van der Waals surface area contributed by atoms with Crippen molar-refractivity contribution in [1.82, 2.24) is 10.6 Å². The molecule has 5 heteroatoms. The number of furan rings is 1. The highest BCUT2D eigenvalue weighted by atomic mass is 79.9. The first kappa shape index (κ1) is 11.7. The number of rotatable bonds is 4. The van der Waals surface area contributed by atoms with Gasteiger partial charge in [-0.05, 0) is 53.9 Å². The summed E-state index contributed by atoms with van der Waals surface area (Å²) in [7, 11) is 0. The van der Waals surface area contributed by atoms with Crippen molar-refractivity contribution in [3.8, 4) is 0 Å². The van der Waals surface area contributed by atoms with Gasteiger partial charge < -0.3 is 15.1 Å². The number of carbonyl (C=O) groups is 1. The van der Waals surface area contributed by atoms with Gasteiger partial charge in [-0.1, -0.05) is 0 Å². The third-order valence-corrected chi connectivity index (χ3v) is 3.16. The van der Waals surface area contributed by atoms with Crippen LogP contribution in [0.25, 0.3) is 0 Å². The molecule has 1 atom stereocenters. The zero-order valence-electron chi connectivity index (χ0n) is 8.96. The lowest BCUT2D eigenvalue weighted by atomic mass is 10.1. The van der Waals surface area contributed by atoms with Gasteiger partial charge in [-0.25, -0.2) is 0 Å². The molecule has 1 aliphatic heterocycles. The van der Waals surface area contributed by atoms with Gasteiger partial charge in [-0.2, -0.15) is 0 Å². The Hall–Kier alpha value is -0.810. The van der Waals surface area contributed by atoms with Gasteiger partial charge in [0.25, 0.3) is 5.91 Å². The number of hydrogen-bond acceptors (Lipinski definition) is 3. The van der Waals surface area contributed by atoms with E-state index in [1.54, 1.807) is 12.1 Å². The van der Waals surface area contributed by atoms with E-state index in [2.05, 4.69) is 26.6 Å². The first-order chi connectivity index (χ1) is 7.75. The van der Waals surface area contributed by atoms with E-state index in [-0.39, 0.29) is 5.91 Å². The van der Waals surface area contributed by atoms with Crippen molar-refractivity contribution in [2.45, 2.75) is 25.3 Å². The van der Waals surface area contributed by atoms with Gasteiger partial charge in [0, 0.05) is 12.6 Å². The van der Waals surface area contributed by atoms with Gasteiger partial charge in [0.2, 0.25) is 0 Å². The standard InChI is InChI=1S/C11H15BrN2O2/c12-10-4-3-9(16-10)11(15)14-7-5-8-2-1-6-13-8/h3-4,8,13H,1-2,5-7H2,(H,14,15)/t8-/m0/s1. The number of halogens is 1. The van der Waals surface area contributed by atoms with E-state index in [4.69, 9.17) is 4.42 Å². The van der Waals surface area contributed by atoms with Gasteiger partial charge in [0.05, 0.1) is 0 Å². The zero-order valence-corrected chi connectivity index (χ0v) is 10.5. The van der Waals surface area contributed by atoms with Crippen molar-refractivity contribution < 1.29 is 9.21 Å². The predicted molar refractivity (Wildman–Crippen MR) is 64.4 cm³/mol. The van der Waals surface area contributed by atoms with Crippen LogP contribution in [0.3, 0.4) is 0 Å². The first-order valence-electron chi connectivity index (χ1n) is 5.52. The zero-order chi connectivity index (χ0) is 11.4. The summed E-state index contributed by atoms with van der Waals surface area (Å²) in [5.74, 6) is 0.204. The highest BCUT2D eigenvalue weighted by molar-refractivity contribution is 9.10. The molecule has 16 heavy (non-hydrogen) atoms. The molecule has 0 aromatic carbocycles. The van der Waals surface area contributed by atoms with Crippen LogP contribution in [0, 0.1) is 0 Å². The summed E-state index contributed by atoms with van der Waals surface area (Å²) in [6.45, 7) is 1.79. The number of carbonyl (C=O) groups excluding carboxylic acids is 1. The molecule has 4 nitrogen and oxygen atoms in total. The highest BCUT2D eigenvalue weighted by Gasteiger charge is 2.14. The van der Waals surface area contributed by atoms with Gasteiger partial charge in [0.1, 0.15) is 0 Å². The van der Waals surface area contributed by atoms with Crippen molar-refractivity contribution in [3.63, 3.8) is 0 Å². The number of amides is 1. The maximum Gasteiger partial charge on any atom is 0.287 e. The van der Waals surface area contributed by atoms with Crippen molar-refractivity contribution in [2.75, 3.05) is 13.1 Å². The van der Waals surface area contributed by atoms with Crippen LogP contribution in [0.15, 0.2) is 21.2 Å². The van der Waals surface area contributed by atoms with Crippen molar-refractivity contribution >= 4 is 21.8 Å². The van der Waals surface area contributed by atoms with Gasteiger partial charge in [-0.3, -0.25) is 4.79 Å². The van der Waals surface area contributed by atoms with Crippen LogP contribution in [0.1, 0.15) is 29.8 Å². The minimum Gasteiger partial charge on any atom is -0.444 e. The molecule has 1 fully saturated rings. The summed E-state index contributed by atoms with van der Waals surface area (Å²) in [5, 5.41) is 6.24. The Kier molecular flexibility index (Phi) is 4.01. The van der Waals surface area contributed by atoms with Crippen LogP contribution in [0.2, 0.25) is 0 Å². The minimum absolute atomic E-state index is 0.149. The Bertz CT molecular complexity index is 359. The van der Waals surface area contributed by atoms with E-state index in [1.807, 2.05) is 0 Å². The van der Waals surface area contributed by atoms with Gasteiger partial charge in [-0.15, -0.1) is 0 Å². The quantitative estimate of drug-likeness (QED) is 0.889. The molecule has 2 heterocycles. The summed E-state index contributed by atoms with van der Waals surface area (Å²) in [6, 6.07) is 3.93. The second kappa shape index (κ2) is 5.50. The van der Waals surface area contributed by atoms with Crippen LogP contribution >= 0.6 is 15.9 Å². The molecular weight excluding hydrogens is 272 g/mol. The Morgan fingerprint density at radius 3 is 3.12 bits per heavy atom. The molecule has 88 valence electrons. The molecule has 0 unspecified atom stereocenters. The summed E-state index contributed by atoms with van der Waals surface area (Å²) in [6.07, 6.45) is 3.43. The molecule has 1 aromatic heterocycles. The molecule has 0 saturated carbocycles. The summed E-state index contributed by atoms with van der Waals surface area (Å²) >= 11 is 3.17. The molecule has 0 radical (unpaired) electrons. The third-order valence-electron chi connectivity index (χ3n) is 2.74. The highest BCUT2D eigenvalue weighted by Crippen LogP contribution is 2.14. The topological polar surface area (TPSA) is 54.3 Å². The number of hydrogen-bond donors (Lipinski definition) is 2. The van der Waals surface area contributed by atoms with E-state index in [0.717, 1.165) is 13.0 Å². The second-order valence-corrected chi connectivity index (χ2v) is 4.72. The molecule has 0 bridgehead atoms. The Balaban J connectivity index is 1.71. The second-order valence-electron chi connectivity index (χ2n) is 3.94. The maximum atomic E-state index is 11.6. The molecule has 1 amide bonds. The lowest BCUT2D eigenvalue weighted by Crippen LogP contribution is -2.30. The summed E-state index contributed by atoms with van der Waals surface area (Å²) < 4.78 is 5.74. The van der Waals surface area contributed by atoms with Crippen LogP contribution in [-0.4, -0.2) is 25.0 Å². The van der Waals surface area contributed by atoms with E-state index < -0.39 is 0 Å². The van der Waals surface area contributed by atoms with E-state index in [9.17, 15) is 4.79 Å². The predicted octanol–water partition coefficient (Wildman–Crippen LogP) is 1.91. The van der Waals surface area contributed by atoms with Crippen LogP contribution in [-0.2, 0) is 0 Å². The Labute approximate surface area is 103 Å². The molecule has 1 aromatic rings. The minimum atomic E-state index is -0.149. The fraction of sp³-hybridized carbons (Fsp3) is 0.545. The maximum absolute atomic E-state index is 11.6. The van der Waals surface area contributed by atoms with Gasteiger partial charge >= 0.3 is 0 Å². The van der Waals surface area contributed by atoms with Crippen LogP contribution in [0.4, 0.5) is 0 Å². The first-order valence-corrected chi connectivity index (χ1v) is 6.32. The fourth-order valence-electron chi connectivity index (χ4n) is 1.89. The fourth-order valence-corrected chi connectivity index (χ4v) is 2.19. The Morgan fingerprint density at radius 2 is 2.50 bits per heavy atom. The van der Waals surface area contributed by atoms with E-state index >= 15 is 0 Å². The molecule has 1 saturated heterocycles. The summed E-state index contributed by atoms with van der Waals surface area (Å²) in [4.78, 5) is 11.6. The Morgan fingerprint density at radius 1 is 1.62 bits per heavy atom. The summed E-state index contributed by atoms with van der Waals surface area (Å²) in [5.41, 5.74) is 0. The van der Waals surface area contributed by atoms with Crippen molar-refractivity contribution in [2.24, 2.45) is 0 Å². The average molecular weight is 287 g/mol. The van der Waals surface area contributed by atoms with Crippen molar-refractivity contribution in [3.05, 3.63) is 22.6 Å². The van der Waals surface area contributed by atoms with E-state index in [1.165, 1.54) is 12.8 Å². The lowest BCUT2D eigenvalue weighted by molar-refractivity contribution is 0.0923. The van der Waals surface area contributed by atoms with Crippen molar-refractivity contribution in [1.29, 1.82) is 0 Å². The lowest BCUT2D eigenvalue weighted by Gasteiger charge is -2.09. The molecule has 1 aliphatic rings. The molecule has 0 aliphatic carbocycles. The van der Waals surface area contributed by atoms with E-state index in [0.29, 0.717) is 23.0 Å². The molecule has 2 rings (SSSR count). The van der Waals surface area contributed by atoms with Gasteiger partial charge in [0.15, 0.2) is 10.4 Å². The SMILES string of the molecule is O=C(NCC[C@@H]1CCCN1)c1ccc(Br)o1. The largest absolute Gasteiger partial charge is 0.444 e. The van der Waals surface area contributed by atoms with Crippen LogP contribution in [0.5, 0.6) is 0 Å². The smallest absolute Gasteiger partial charge is 0.287 e. The normalized spacial score (nSPS) is 19.9. The third kappa shape index (κ3) is 3.09. The molecule has 0 spiro atoms. The molecule has 2 N–H and O–H groups in total. The molecular formula is C11H15BrN2O2.